The Hall–Kier alpha value is -0.560. The highest BCUT2D eigenvalue weighted by Gasteiger charge is 1.96. The predicted octanol–water partition coefficient (Wildman–Crippen LogP) is 7.74. The Morgan fingerprint density at radius 1 is 0.583 bits per heavy atom. The van der Waals surface area contributed by atoms with Gasteiger partial charge in [-0.2, -0.15) is 0 Å². The first-order valence-corrected chi connectivity index (χ1v) is 10.8. The van der Waals surface area contributed by atoms with Crippen LogP contribution in [0.2, 0.25) is 0 Å². The third kappa shape index (κ3) is 19.5. The van der Waals surface area contributed by atoms with E-state index >= 15 is 0 Å². The predicted molar refractivity (Wildman–Crippen MR) is 110 cm³/mol. The van der Waals surface area contributed by atoms with Gasteiger partial charge in [-0.15, -0.1) is 0 Å². The molecule has 0 aliphatic carbocycles. The molecule has 0 radical (unpaired) electrons. The summed E-state index contributed by atoms with van der Waals surface area (Å²) in [5, 5.41) is 9.92. The van der Waals surface area contributed by atoms with E-state index in [-0.39, 0.29) is 6.10 Å². The van der Waals surface area contributed by atoms with Gasteiger partial charge in [0.2, 0.25) is 0 Å². The summed E-state index contributed by atoms with van der Waals surface area (Å²) in [5.74, 6) is 0. The van der Waals surface area contributed by atoms with Crippen LogP contribution in [0.3, 0.4) is 0 Å². The molecule has 0 rings (SSSR count). The second-order valence-electron chi connectivity index (χ2n) is 7.16. The molecule has 1 nitrogen and oxygen atoms in total. The molecule has 0 aliphatic heterocycles. The van der Waals surface area contributed by atoms with Gasteiger partial charge in [-0.05, 0) is 38.5 Å². The van der Waals surface area contributed by atoms with E-state index in [0.29, 0.717) is 0 Å². The summed E-state index contributed by atoms with van der Waals surface area (Å²) < 4.78 is 0. The fraction of sp³-hybridized carbons (Fsp3) is 0.826. The minimum absolute atomic E-state index is 0.260. The van der Waals surface area contributed by atoms with E-state index in [4.69, 9.17) is 0 Å². The molecule has 0 bridgehead atoms. The lowest BCUT2D eigenvalue weighted by Gasteiger charge is -2.03. The summed E-state index contributed by atoms with van der Waals surface area (Å²) in [6.07, 6.45) is 28.9. The number of rotatable bonds is 18. The normalized spacial score (nSPS) is 13.3. The maximum Gasteiger partial charge on any atom is 0.0723 e. The van der Waals surface area contributed by atoms with Gasteiger partial charge in [-0.25, -0.2) is 0 Å². The summed E-state index contributed by atoms with van der Waals surface area (Å²) >= 11 is 0. The van der Waals surface area contributed by atoms with Crippen LogP contribution in [0, 0.1) is 0 Å². The molecule has 0 saturated heterocycles. The number of allylic oxidation sites excluding steroid dienone is 3. The Balaban J connectivity index is 3.34. The van der Waals surface area contributed by atoms with Crippen LogP contribution in [0.15, 0.2) is 24.3 Å². The highest BCUT2D eigenvalue weighted by molar-refractivity contribution is 4.91. The van der Waals surface area contributed by atoms with E-state index in [1.807, 2.05) is 6.08 Å². The maximum absolute atomic E-state index is 9.92. The number of aliphatic hydroxyl groups excluding tert-OH is 1. The van der Waals surface area contributed by atoms with Crippen molar-refractivity contribution in [2.45, 2.75) is 123 Å². The molecule has 0 aromatic rings. The van der Waals surface area contributed by atoms with Crippen molar-refractivity contribution in [1.82, 2.24) is 0 Å². The van der Waals surface area contributed by atoms with Crippen molar-refractivity contribution >= 4 is 0 Å². The van der Waals surface area contributed by atoms with Crippen LogP contribution in [-0.4, -0.2) is 11.2 Å². The Kier molecular flexibility index (Phi) is 20.0. The van der Waals surface area contributed by atoms with Crippen molar-refractivity contribution in [3.8, 4) is 0 Å². The molecule has 24 heavy (non-hydrogen) atoms. The van der Waals surface area contributed by atoms with Crippen LogP contribution in [0.1, 0.15) is 117 Å². The average Bonchev–Trinajstić information content (AvgIpc) is 2.59. The molecule has 142 valence electrons. The van der Waals surface area contributed by atoms with Crippen LogP contribution >= 0.6 is 0 Å². The molecule has 1 atom stereocenters. The Morgan fingerprint density at radius 2 is 1.04 bits per heavy atom. The maximum atomic E-state index is 9.92. The van der Waals surface area contributed by atoms with E-state index in [9.17, 15) is 5.11 Å². The van der Waals surface area contributed by atoms with Crippen molar-refractivity contribution in [1.29, 1.82) is 0 Å². The van der Waals surface area contributed by atoms with Crippen LogP contribution in [0.5, 0.6) is 0 Å². The number of hydrogen-bond donors (Lipinski definition) is 1. The molecule has 0 fully saturated rings. The third-order valence-corrected chi connectivity index (χ3v) is 4.60. The fourth-order valence-electron chi connectivity index (χ4n) is 2.94. The lowest BCUT2D eigenvalue weighted by Crippen LogP contribution is -2.00. The molecule has 0 saturated carbocycles. The van der Waals surface area contributed by atoms with Gasteiger partial charge >= 0.3 is 0 Å². The van der Waals surface area contributed by atoms with Gasteiger partial charge in [0, 0.05) is 0 Å². The Labute approximate surface area is 152 Å². The molecule has 1 heteroatoms. The summed E-state index contributed by atoms with van der Waals surface area (Å²) in [5.41, 5.74) is 0. The average molecular weight is 337 g/mol. The van der Waals surface area contributed by atoms with Gasteiger partial charge < -0.3 is 5.11 Å². The minimum atomic E-state index is -0.260. The smallest absolute Gasteiger partial charge is 0.0723 e. The summed E-state index contributed by atoms with van der Waals surface area (Å²) in [6.45, 7) is 4.52. The second-order valence-corrected chi connectivity index (χ2v) is 7.16. The van der Waals surface area contributed by atoms with E-state index in [1.54, 1.807) is 0 Å². The molecular formula is C23H44O. The minimum Gasteiger partial charge on any atom is -0.389 e. The van der Waals surface area contributed by atoms with Crippen LogP contribution < -0.4 is 0 Å². The van der Waals surface area contributed by atoms with E-state index in [1.165, 1.54) is 83.5 Å². The number of hydrogen-bond acceptors (Lipinski definition) is 1. The third-order valence-electron chi connectivity index (χ3n) is 4.60. The number of aliphatic hydroxyl groups is 1. The standard InChI is InChI=1S/C23H44O/c1-3-5-7-9-11-13-14-16-18-20-22-23(24)21-19-17-15-12-10-8-6-4-2/h16,18-19,21,23-24H,3-15,17,20,22H2,1-2H3/b18-16?,21-19-. The zero-order valence-electron chi connectivity index (χ0n) is 16.6. The molecule has 0 spiro atoms. The molecule has 0 aromatic heterocycles. The van der Waals surface area contributed by atoms with E-state index in [2.05, 4.69) is 32.1 Å². The Morgan fingerprint density at radius 3 is 1.62 bits per heavy atom. The van der Waals surface area contributed by atoms with Gasteiger partial charge in [0.05, 0.1) is 6.10 Å². The molecule has 0 amide bonds. The number of unbranched alkanes of at least 4 members (excludes halogenated alkanes) is 12. The monoisotopic (exact) mass is 336 g/mol. The molecule has 1 unspecified atom stereocenters. The molecular weight excluding hydrogens is 292 g/mol. The summed E-state index contributed by atoms with van der Waals surface area (Å²) in [4.78, 5) is 0. The first-order valence-electron chi connectivity index (χ1n) is 10.8. The molecule has 0 aliphatic rings. The van der Waals surface area contributed by atoms with Gasteiger partial charge in [0.1, 0.15) is 0 Å². The topological polar surface area (TPSA) is 20.2 Å². The van der Waals surface area contributed by atoms with Gasteiger partial charge in [0.25, 0.3) is 0 Å². The first kappa shape index (κ1) is 23.4. The Bertz CT molecular complexity index is 280. The van der Waals surface area contributed by atoms with Crippen molar-refractivity contribution in [2.24, 2.45) is 0 Å². The van der Waals surface area contributed by atoms with Crippen LogP contribution in [0.4, 0.5) is 0 Å². The van der Waals surface area contributed by atoms with Crippen molar-refractivity contribution < 1.29 is 5.11 Å². The van der Waals surface area contributed by atoms with Gasteiger partial charge in [0.15, 0.2) is 0 Å². The van der Waals surface area contributed by atoms with Crippen molar-refractivity contribution in [2.75, 3.05) is 0 Å². The molecule has 0 heterocycles. The largest absolute Gasteiger partial charge is 0.389 e. The fourth-order valence-corrected chi connectivity index (χ4v) is 2.94. The van der Waals surface area contributed by atoms with Crippen molar-refractivity contribution in [3.05, 3.63) is 24.3 Å². The van der Waals surface area contributed by atoms with E-state index < -0.39 is 0 Å². The zero-order valence-corrected chi connectivity index (χ0v) is 16.6. The SMILES string of the molecule is CCCCCCCCC=CCCC(O)/C=C\CCCCCCCC. The quantitative estimate of drug-likeness (QED) is 0.200. The second kappa shape index (κ2) is 20.5. The van der Waals surface area contributed by atoms with E-state index in [0.717, 1.165) is 19.3 Å². The van der Waals surface area contributed by atoms with Crippen LogP contribution in [-0.2, 0) is 0 Å². The van der Waals surface area contributed by atoms with Gasteiger partial charge in [-0.3, -0.25) is 0 Å². The van der Waals surface area contributed by atoms with Gasteiger partial charge in [-0.1, -0.05) is 102 Å². The summed E-state index contributed by atoms with van der Waals surface area (Å²) in [7, 11) is 0. The molecule has 0 aromatic carbocycles. The highest BCUT2D eigenvalue weighted by Crippen LogP contribution is 2.09. The van der Waals surface area contributed by atoms with Crippen LogP contribution in [0.25, 0.3) is 0 Å². The zero-order chi connectivity index (χ0) is 17.7. The first-order chi connectivity index (χ1) is 11.8. The molecule has 1 N–H and O–H groups in total. The summed E-state index contributed by atoms with van der Waals surface area (Å²) in [6, 6.07) is 0. The highest BCUT2D eigenvalue weighted by atomic mass is 16.3. The lowest BCUT2D eigenvalue weighted by molar-refractivity contribution is 0.213. The van der Waals surface area contributed by atoms with Crippen molar-refractivity contribution in [3.63, 3.8) is 0 Å². The lowest BCUT2D eigenvalue weighted by atomic mass is 10.1.